The SMILES string of the molecule is COC(=O)[C@H](Cc1ccc(O)cc1)NCCC(Oc1ccc(C(F)(F)F)cc1)c1ccccc1. The van der Waals surface area contributed by atoms with Gasteiger partial charge in [-0.2, -0.15) is 13.2 Å². The summed E-state index contributed by atoms with van der Waals surface area (Å²) in [4.78, 5) is 12.3. The maximum Gasteiger partial charge on any atom is 0.416 e. The summed E-state index contributed by atoms with van der Waals surface area (Å²) in [5.41, 5.74) is 0.964. The molecule has 0 aliphatic carbocycles. The second-order valence-corrected chi connectivity index (χ2v) is 7.73. The number of ether oxygens (including phenoxy) is 2. The van der Waals surface area contributed by atoms with Gasteiger partial charge in [0, 0.05) is 6.42 Å². The maximum atomic E-state index is 12.9. The highest BCUT2D eigenvalue weighted by Gasteiger charge is 2.30. The topological polar surface area (TPSA) is 67.8 Å². The van der Waals surface area contributed by atoms with Gasteiger partial charge in [0.25, 0.3) is 0 Å². The van der Waals surface area contributed by atoms with Crippen molar-refractivity contribution in [2.75, 3.05) is 13.7 Å². The van der Waals surface area contributed by atoms with Gasteiger partial charge in [-0.15, -0.1) is 0 Å². The summed E-state index contributed by atoms with van der Waals surface area (Å²) in [7, 11) is 1.31. The van der Waals surface area contributed by atoms with Gasteiger partial charge in [0.1, 0.15) is 23.6 Å². The molecule has 3 aromatic rings. The van der Waals surface area contributed by atoms with Crippen molar-refractivity contribution in [3.8, 4) is 11.5 Å². The Hall–Kier alpha value is -3.52. The zero-order valence-electron chi connectivity index (χ0n) is 18.6. The molecule has 0 aliphatic rings. The smallest absolute Gasteiger partial charge is 0.416 e. The van der Waals surface area contributed by atoms with Gasteiger partial charge in [0.2, 0.25) is 0 Å². The summed E-state index contributed by atoms with van der Waals surface area (Å²) >= 11 is 0. The molecule has 0 bridgehead atoms. The number of phenolic OH excluding ortho intramolecular Hbond substituents is 1. The first-order chi connectivity index (χ1) is 16.3. The molecule has 8 heteroatoms. The molecule has 5 nitrogen and oxygen atoms in total. The van der Waals surface area contributed by atoms with E-state index in [0.717, 1.165) is 23.3 Å². The number of esters is 1. The van der Waals surface area contributed by atoms with Gasteiger partial charge < -0.3 is 19.9 Å². The predicted molar refractivity (Wildman–Crippen MR) is 121 cm³/mol. The number of phenols is 1. The number of aromatic hydroxyl groups is 1. The molecule has 180 valence electrons. The number of alkyl halides is 3. The van der Waals surface area contributed by atoms with Crippen LogP contribution in [0.2, 0.25) is 0 Å². The molecule has 0 saturated carbocycles. The van der Waals surface area contributed by atoms with Gasteiger partial charge in [0.15, 0.2) is 0 Å². The number of benzene rings is 3. The molecule has 1 unspecified atom stereocenters. The van der Waals surface area contributed by atoms with Crippen LogP contribution >= 0.6 is 0 Å². The summed E-state index contributed by atoms with van der Waals surface area (Å²) < 4.78 is 49.5. The molecule has 0 radical (unpaired) electrons. The van der Waals surface area contributed by atoms with Crippen molar-refractivity contribution in [1.82, 2.24) is 5.32 Å². The zero-order chi connectivity index (χ0) is 24.6. The fraction of sp³-hybridized carbons (Fsp3) is 0.269. The number of carbonyl (C=O) groups is 1. The zero-order valence-corrected chi connectivity index (χ0v) is 18.6. The molecular weight excluding hydrogens is 447 g/mol. The van der Waals surface area contributed by atoms with Crippen molar-refractivity contribution in [3.63, 3.8) is 0 Å². The molecule has 0 spiro atoms. The third kappa shape index (κ3) is 7.25. The molecule has 0 amide bonds. The highest BCUT2D eigenvalue weighted by molar-refractivity contribution is 5.76. The van der Waals surface area contributed by atoms with Crippen molar-refractivity contribution in [2.45, 2.75) is 31.2 Å². The summed E-state index contributed by atoms with van der Waals surface area (Å²) in [6.07, 6.45) is -4.05. The Labute approximate surface area is 196 Å². The van der Waals surface area contributed by atoms with E-state index in [1.165, 1.54) is 19.2 Å². The lowest BCUT2D eigenvalue weighted by Crippen LogP contribution is -2.40. The van der Waals surface area contributed by atoms with Crippen LogP contribution in [0.3, 0.4) is 0 Å². The van der Waals surface area contributed by atoms with E-state index in [9.17, 15) is 23.1 Å². The fourth-order valence-corrected chi connectivity index (χ4v) is 3.49. The number of hydrogen-bond acceptors (Lipinski definition) is 5. The standard InChI is InChI=1S/C26H26F3NO4/c1-33-25(32)23(17-18-7-11-21(31)12-8-18)30-16-15-24(19-5-3-2-4-6-19)34-22-13-9-20(10-14-22)26(27,28)29/h2-14,23-24,30-31H,15-17H2,1H3/t23-,24?/m0/s1. The average Bonchev–Trinajstić information content (AvgIpc) is 2.84. The normalized spacial score (nSPS) is 13.2. The highest BCUT2D eigenvalue weighted by Crippen LogP contribution is 2.32. The Morgan fingerprint density at radius 2 is 1.62 bits per heavy atom. The van der Waals surface area contributed by atoms with Gasteiger partial charge >= 0.3 is 12.1 Å². The molecule has 0 aromatic heterocycles. The lowest BCUT2D eigenvalue weighted by Gasteiger charge is -2.22. The quantitative estimate of drug-likeness (QED) is 0.392. The third-order valence-electron chi connectivity index (χ3n) is 5.29. The number of hydrogen-bond donors (Lipinski definition) is 2. The monoisotopic (exact) mass is 473 g/mol. The number of rotatable bonds is 10. The van der Waals surface area contributed by atoms with Crippen LogP contribution in [0, 0.1) is 0 Å². The van der Waals surface area contributed by atoms with Crippen LogP contribution in [0.25, 0.3) is 0 Å². The first kappa shape index (κ1) is 25.1. The Kier molecular flexibility index (Phi) is 8.54. The van der Waals surface area contributed by atoms with E-state index in [4.69, 9.17) is 9.47 Å². The van der Waals surface area contributed by atoms with Gasteiger partial charge in [-0.05, 0) is 60.5 Å². The number of halogens is 3. The predicted octanol–water partition coefficient (Wildman–Crippen LogP) is 5.30. The van der Waals surface area contributed by atoms with Gasteiger partial charge in [-0.1, -0.05) is 42.5 Å². The molecule has 2 atom stereocenters. The van der Waals surface area contributed by atoms with Crippen LogP contribution in [0.1, 0.15) is 29.2 Å². The highest BCUT2D eigenvalue weighted by atomic mass is 19.4. The van der Waals surface area contributed by atoms with Crippen LogP contribution in [0.5, 0.6) is 11.5 Å². The van der Waals surface area contributed by atoms with Gasteiger partial charge in [0.05, 0.1) is 12.7 Å². The van der Waals surface area contributed by atoms with E-state index in [2.05, 4.69) is 5.32 Å². The summed E-state index contributed by atoms with van der Waals surface area (Å²) in [5, 5.41) is 12.6. The molecule has 3 aromatic carbocycles. The van der Waals surface area contributed by atoms with E-state index >= 15 is 0 Å². The largest absolute Gasteiger partial charge is 0.508 e. The summed E-state index contributed by atoms with van der Waals surface area (Å²) in [6.45, 7) is 0.387. The first-order valence-electron chi connectivity index (χ1n) is 10.7. The molecule has 0 saturated heterocycles. The van der Waals surface area contributed by atoms with Crippen molar-refractivity contribution in [1.29, 1.82) is 0 Å². The second kappa shape index (κ2) is 11.6. The summed E-state index contributed by atoms with van der Waals surface area (Å²) in [6, 6.07) is 19.8. The van der Waals surface area contributed by atoms with Crippen molar-refractivity contribution >= 4 is 5.97 Å². The van der Waals surface area contributed by atoms with Crippen molar-refractivity contribution in [2.24, 2.45) is 0 Å². The second-order valence-electron chi connectivity index (χ2n) is 7.73. The Morgan fingerprint density at radius 3 is 2.21 bits per heavy atom. The molecule has 0 fully saturated rings. The van der Waals surface area contributed by atoms with Crippen LogP contribution in [0.4, 0.5) is 13.2 Å². The van der Waals surface area contributed by atoms with E-state index in [-0.39, 0.29) is 5.75 Å². The Bertz CT molecular complexity index is 1040. The molecule has 2 N–H and O–H groups in total. The molecule has 3 rings (SSSR count). The average molecular weight is 473 g/mol. The van der Waals surface area contributed by atoms with Gasteiger partial charge in [-0.25, -0.2) is 0 Å². The number of carbonyl (C=O) groups excluding carboxylic acids is 1. The lowest BCUT2D eigenvalue weighted by atomic mass is 10.0. The van der Waals surface area contributed by atoms with Crippen LogP contribution in [0.15, 0.2) is 78.9 Å². The molecule has 0 heterocycles. The number of nitrogens with one attached hydrogen (secondary N) is 1. The van der Waals surface area contributed by atoms with E-state index in [1.807, 2.05) is 30.3 Å². The minimum absolute atomic E-state index is 0.137. The minimum Gasteiger partial charge on any atom is -0.508 e. The maximum absolute atomic E-state index is 12.9. The van der Waals surface area contributed by atoms with Crippen LogP contribution in [-0.4, -0.2) is 30.8 Å². The first-order valence-corrected chi connectivity index (χ1v) is 10.7. The minimum atomic E-state index is -4.42. The molecule has 0 aliphatic heterocycles. The van der Waals surface area contributed by atoms with Crippen molar-refractivity contribution < 1.29 is 32.5 Å². The number of methoxy groups -OCH3 is 1. The summed E-state index contributed by atoms with van der Waals surface area (Å²) in [5.74, 6) is 0.0286. The van der Waals surface area contributed by atoms with Crippen molar-refractivity contribution in [3.05, 3.63) is 95.6 Å². The van der Waals surface area contributed by atoms with Crippen LogP contribution < -0.4 is 10.1 Å². The molecule has 34 heavy (non-hydrogen) atoms. The Morgan fingerprint density at radius 1 is 0.971 bits per heavy atom. The van der Waals surface area contributed by atoms with Gasteiger partial charge in [-0.3, -0.25) is 4.79 Å². The van der Waals surface area contributed by atoms with Crippen LogP contribution in [-0.2, 0) is 22.1 Å². The van der Waals surface area contributed by atoms with E-state index < -0.39 is 29.9 Å². The third-order valence-corrected chi connectivity index (χ3v) is 5.29. The van der Waals surface area contributed by atoms with E-state index in [1.54, 1.807) is 24.3 Å². The Balaban J connectivity index is 1.68. The fourth-order valence-electron chi connectivity index (χ4n) is 3.49. The lowest BCUT2D eigenvalue weighted by molar-refractivity contribution is -0.143. The molecular formula is C26H26F3NO4. The van der Waals surface area contributed by atoms with E-state index in [0.29, 0.717) is 25.1 Å².